The highest BCUT2D eigenvalue weighted by Crippen LogP contribution is 2.69. The van der Waals surface area contributed by atoms with E-state index in [9.17, 15) is 4.79 Å². The van der Waals surface area contributed by atoms with Gasteiger partial charge in [-0.05, 0) is 69.6 Å². The molecule has 0 radical (unpaired) electrons. The van der Waals surface area contributed by atoms with Gasteiger partial charge in [0.1, 0.15) is 5.60 Å². The Labute approximate surface area is 151 Å². The van der Waals surface area contributed by atoms with Crippen LogP contribution < -0.4 is 0 Å². The molecule has 3 nitrogen and oxygen atoms in total. The lowest BCUT2D eigenvalue weighted by molar-refractivity contribution is -0.242. The molecule has 5 fully saturated rings. The molecule has 0 aromatic carbocycles. The molecule has 3 aliphatic carbocycles. The Kier molecular flexibility index (Phi) is 2.87. The van der Waals surface area contributed by atoms with Gasteiger partial charge >= 0.3 is 5.97 Å². The van der Waals surface area contributed by atoms with Gasteiger partial charge in [-0.1, -0.05) is 18.6 Å². The monoisotopic (exact) mass is 341 g/mol. The molecule has 136 valence electrons. The third kappa shape index (κ3) is 1.62. The zero-order valence-corrected chi connectivity index (χ0v) is 15.7. The highest BCUT2D eigenvalue weighted by molar-refractivity contribution is 5.71. The fourth-order valence-electron chi connectivity index (χ4n) is 8.62. The van der Waals surface area contributed by atoms with Gasteiger partial charge in [0, 0.05) is 36.4 Å². The van der Waals surface area contributed by atoms with Crippen LogP contribution in [0.25, 0.3) is 0 Å². The van der Waals surface area contributed by atoms with E-state index in [0.29, 0.717) is 24.4 Å². The Balaban J connectivity index is 1.54. The van der Waals surface area contributed by atoms with Crippen molar-refractivity contribution in [2.75, 3.05) is 6.54 Å². The summed E-state index contributed by atoms with van der Waals surface area (Å²) in [6, 6.07) is 1.21. The molecule has 0 N–H and O–H groups in total. The van der Waals surface area contributed by atoms with Crippen molar-refractivity contribution in [2.45, 2.75) is 82.9 Å². The Morgan fingerprint density at radius 1 is 1.20 bits per heavy atom. The number of hydrogen-bond acceptors (Lipinski definition) is 3. The maximum atomic E-state index is 12.4. The molecular formula is C22H31NO2. The lowest BCUT2D eigenvalue weighted by atomic mass is 9.52. The minimum Gasteiger partial charge on any atom is -0.458 e. The predicted molar refractivity (Wildman–Crippen MR) is 95.9 cm³/mol. The van der Waals surface area contributed by atoms with Gasteiger partial charge < -0.3 is 4.74 Å². The number of allylic oxidation sites excluding steroid dienone is 1. The van der Waals surface area contributed by atoms with Crippen molar-refractivity contribution in [2.24, 2.45) is 29.1 Å². The number of rotatable bonds is 0. The summed E-state index contributed by atoms with van der Waals surface area (Å²) in [5.74, 6) is 3.01. The van der Waals surface area contributed by atoms with Gasteiger partial charge in [0.15, 0.2) is 0 Å². The molecule has 1 spiro atoms. The molecule has 3 heterocycles. The minimum absolute atomic E-state index is 0.0670. The van der Waals surface area contributed by atoms with E-state index in [-0.39, 0.29) is 17.0 Å². The molecule has 3 aliphatic heterocycles. The molecule has 0 aromatic heterocycles. The summed E-state index contributed by atoms with van der Waals surface area (Å²) in [6.45, 7) is 6.10. The molecule has 0 aromatic rings. The van der Waals surface area contributed by atoms with E-state index >= 15 is 0 Å². The average Bonchev–Trinajstić information content (AvgIpc) is 3.27. The van der Waals surface area contributed by atoms with E-state index in [1.807, 2.05) is 0 Å². The summed E-state index contributed by atoms with van der Waals surface area (Å²) < 4.78 is 6.37. The van der Waals surface area contributed by atoms with Crippen molar-refractivity contribution in [1.29, 1.82) is 0 Å². The van der Waals surface area contributed by atoms with Crippen LogP contribution in [-0.2, 0) is 9.53 Å². The van der Waals surface area contributed by atoms with Crippen LogP contribution in [0.2, 0.25) is 0 Å². The van der Waals surface area contributed by atoms with Crippen LogP contribution in [0.4, 0.5) is 0 Å². The van der Waals surface area contributed by atoms with Crippen molar-refractivity contribution in [3.05, 3.63) is 11.6 Å². The van der Waals surface area contributed by atoms with Crippen molar-refractivity contribution in [1.82, 2.24) is 4.90 Å². The van der Waals surface area contributed by atoms with Gasteiger partial charge in [-0.15, -0.1) is 0 Å². The predicted octanol–water partition coefficient (Wildman–Crippen LogP) is 3.93. The quantitative estimate of drug-likeness (QED) is 0.494. The van der Waals surface area contributed by atoms with Crippen LogP contribution in [0, 0.1) is 29.1 Å². The molecule has 6 aliphatic rings. The molecule has 3 saturated heterocycles. The van der Waals surface area contributed by atoms with E-state index in [1.54, 1.807) is 5.57 Å². The lowest BCUT2D eigenvalue weighted by Gasteiger charge is -2.65. The number of carbonyl (C=O) groups is 1. The molecule has 6 rings (SSSR count). The number of nitrogens with zero attached hydrogens (tertiary/aromatic N) is 1. The maximum absolute atomic E-state index is 12.4. The van der Waals surface area contributed by atoms with E-state index in [0.717, 1.165) is 24.2 Å². The second-order valence-electron chi connectivity index (χ2n) is 10.2. The largest absolute Gasteiger partial charge is 0.458 e. The Morgan fingerprint density at radius 3 is 2.96 bits per heavy atom. The second-order valence-corrected chi connectivity index (χ2v) is 10.2. The number of hydrogen-bond donors (Lipinski definition) is 0. The van der Waals surface area contributed by atoms with Gasteiger partial charge in [0.25, 0.3) is 0 Å². The minimum atomic E-state index is -0.235. The fraction of sp³-hybridized carbons (Fsp3) is 0.864. The van der Waals surface area contributed by atoms with Gasteiger partial charge in [0.2, 0.25) is 0 Å². The van der Waals surface area contributed by atoms with Crippen LogP contribution in [-0.4, -0.2) is 35.1 Å². The number of piperidine rings is 1. The van der Waals surface area contributed by atoms with E-state index < -0.39 is 0 Å². The summed E-state index contributed by atoms with van der Waals surface area (Å²) in [4.78, 5) is 15.3. The second kappa shape index (κ2) is 4.71. The highest BCUT2D eigenvalue weighted by Gasteiger charge is 2.73. The number of ether oxygens (including phenoxy) is 1. The van der Waals surface area contributed by atoms with Gasteiger partial charge in [-0.3, -0.25) is 9.69 Å². The third-order valence-electron chi connectivity index (χ3n) is 9.55. The molecule has 8 atom stereocenters. The van der Waals surface area contributed by atoms with Crippen LogP contribution in [0.3, 0.4) is 0 Å². The van der Waals surface area contributed by atoms with Crippen molar-refractivity contribution in [3.8, 4) is 0 Å². The van der Waals surface area contributed by atoms with Crippen LogP contribution in [0.1, 0.15) is 65.2 Å². The zero-order chi connectivity index (χ0) is 17.0. The lowest BCUT2D eigenvalue weighted by Crippen LogP contribution is -2.73. The van der Waals surface area contributed by atoms with E-state index in [2.05, 4.69) is 24.8 Å². The highest BCUT2D eigenvalue weighted by atomic mass is 16.6. The fourth-order valence-corrected chi connectivity index (χ4v) is 8.62. The van der Waals surface area contributed by atoms with Crippen LogP contribution >= 0.6 is 0 Å². The first-order chi connectivity index (χ1) is 12.1. The van der Waals surface area contributed by atoms with Crippen molar-refractivity contribution < 1.29 is 9.53 Å². The average molecular weight is 341 g/mol. The number of esters is 1. The van der Waals surface area contributed by atoms with Crippen LogP contribution in [0.5, 0.6) is 0 Å². The maximum Gasteiger partial charge on any atom is 0.306 e. The Bertz CT molecular complexity index is 671. The summed E-state index contributed by atoms with van der Waals surface area (Å²) in [6.07, 6.45) is 12.1. The first-order valence-electron chi connectivity index (χ1n) is 10.7. The summed E-state index contributed by atoms with van der Waals surface area (Å²) >= 11 is 0. The molecule has 0 amide bonds. The number of carbonyl (C=O) groups excluding carboxylic acids is 1. The molecule has 3 heteroatoms. The standard InChI is InChI=1S/C22H31NO2/c1-13-12-23-19-16-5-3-4-14(16)6-7-17(19)21(2)22(11-9-18(24)25-21)10-8-15(13)20(22)23/h5,13-15,17,19-20H,3-4,6-12H2,1-2H3/t13?,14-,15?,17+,19+,20+,21+,22+/m1/s1. The summed E-state index contributed by atoms with van der Waals surface area (Å²) in [7, 11) is 0. The third-order valence-corrected chi connectivity index (χ3v) is 9.55. The zero-order valence-electron chi connectivity index (χ0n) is 15.7. The molecule has 2 saturated carbocycles. The smallest absolute Gasteiger partial charge is 0.306 e. The van der Waals surface area contributed by atoms with Gasteiger partial charge in [-0.2, -0.15) is 0 Å². The topological polar surface area (TPSA) is 29.5 Å². The van der Waals surface area contributed by atoms with Gasteiger partial charge in [0.05, 0.1) is 0 Å². The first kappa shape index (κ1) is 15.2. The van der Waals surface area contributed by atoms with E-state index in [4.69, 9.17) is 4.74 Å². The Morgan fingerprint density at radius 2 is 2.08 bits per heavy atom. The van der Waals surface area contributed by atoms with Crippen molar-refractivity contribution in [3.63, 3.8) is 0 Å². The number of fused-ring (bicyclic) bond motifs is 5. The first-order valence-corrected chi connectivity index (χ1v) is 10.7. The van der Waals surface area contributed by atoms with E-state index in [1.165, 1.54) is 45.1 Å². The molecular weight excluding hydrogens is 310 g/mol. The normalized spacial score (nSPS) is 56.6. The summed E-state index contributed by atoms with van der Waals surface area (Å²) in [5, 5.41) is 0. The van der Waals surface area contributed by atoms with Gasteiger partial charge in [-0.25, -0.2) is 0 Å². The molecule has 25 heavy (non-hydrogen) atoms. The van der Waals surface area contributed by atoms with Crippen LogP contribution in [0.15, 0.2) is 11.6 Å². The Hall–Kier alpha value is -0.830. The molecule has 2 unspecified atom stereocenters. The van der Waals surface area contributed by atoms with Crippen molar-refractivity contribution >= 4 is 5.97 Å². The molecule has 0 bridgehead atoms. The SMILES string of the molecule is CC1CN2[C@H]3C1CC[C@]31CCC(=O)O[C@@]1(C)[C@H]1CC[C@H]3CCC=C3[C@@H]12. The summed E-state index contributed by atoms with van der Waals surface area (Å²) in [5.41, 5.74) is 1.72.